The smallest absolute Gasteiger partial charge is 0.261 e. The predicted octanol–water partition coefficient (Wildman–Crippen LogP) is 1.80. The highest BCUT2D eigenvalue weighted by molar-refractivity contribution is 8.13. The zero-order valence-corrected chi connectivity index (χ0v) is 8.85. The van der Waals surface area contributed by atoms with E-state index in [1.54, 1.807) is 19.2 Å². The Balaban J connectivity index is 2.84. The van der Waals surface area contributed by atoms with E-state index >= 15 is 0 Å². The number of aromatic amines is 1. The topological polar surface area (TPSA) is 62.8 Å². The van der Waals surface area contributed by atoms with E-state index in [0.717, 1.165) is 10.9 Å². The normalized spacial score (nSPS) is 12.1. The van der Waals surface area contributed by atoms with E-state index in [1.165, 1.54) is 6.07 Å². The first kappa shape index (κ1) is 9.48. The van der Waals surface area contributed by atoms with E-state index in [1.807, 2.05) is 0 Å². The van der Waals surface area contributed by atoms with Crippen molar-refractivity contribution in [3.63, 3.8) is 0 Å². The Morgan fingerprint density at radius 1 is 1.43 bits per heavy atom. The van der Waals surface area contributed by atoms with E-state index in [9.17, 15) is 8.42 Å². The van der Waals surface area contributed by atoms with Crippen molar-refractivity contribution in [3.8, 4) is 0 Å². The maximum absolute atomic E-state index is 11.2. The number of fused-ring (bicyclic) bond motifs is 1. The van der Waals surface area contributed by atoms with Gasteiger partial charge >= 0.3 is 0 Å². The maximum atomic E-state index is 11.2. The van der Waals surface area contributed by atoms with Gasteiger partial charge in [0.05, 0.1) is 16.6 Å². The number of benzene rings is 1. The minimum Gasteiger partial charge on any atom is -0.278 e. The van der Waals surface area contributed by atoms with Gasteiger partial charge in [0.2, 0.25) is 0 Å². The van der Waals surface area contributed by atoms with Crippen LogP contribution in [-0.4, -0.2) is 18.6 Å². The molecule has 0 saturated carbocycles. The molecule has 6 heteroatoms. The average Bonchev–Trinajstić information content (AvgIpc) is 2.47. The summed E-state index contributed by atoms with van der Waals surface area (Å²) in [5, 5.41) is 7.29. The predicted molar refractivity (Wildman–Crippen MR) is 53.9 cm³/mol. The number of aryl methyl sites for hydroxylation is 1. The van der Waals surface area contributed by atoms with Crippen molar-refractivity contribution < 1.29 is 8.42 Å². The molecule has 1 aromatic heterocycles. The lowest BCUT2D eigenvalue weighted by atomic mass is 10.2. The number of rotatable bonds is 1. The fourth-order valence-electron chi connectivity index (χ4n) is 1.34. The Kier molecular flexibility index (Phi) is 2.01. The summed E-state index contributed by atoms with van der Waals surface area (Å²) in [5.74, 6) is 0. The van der Waals surface area contributed by atoms with Gasteiger partial charge in [-0.15, -0.1) is 0 Å². The summed E-state index contributed by atoms with van der Waals surface area (Å²) < 4.78 is 22.3. The molecule has 0 aliphatic carbocycles. The van der Waals surface area contributed by atoms with Crippen LogP contribution in [0.1, 0.15) is 5.56 Å². The number of H-pyrrole nitrogens is 1. The Labute approximate surface area is 85.3 Å². The van der Waals surface area contributed by atoms with Crippen LogP contribution in [0.4, 0.5) is 0 Å². The lowest BCUT2D eigenvalue weighted by Crippen LogP contribution is -1.93. The highest BCUT2D eigenvalue weighted by Gasteiger charge is 2.14. The SMILES string of the molecule is Cc1cc2[nH]ncc2cc1S(=O)(=O)Cl. The Bertz CT molecular complexity index is 588. The number of nitrogens with one attached hydrogen (secondary N) is 1. The Morgan fingerprint density at radius 3 is 2.79 bits per heavy atom. The monoisotopic (exact) mass is 230 g/mol. The fourth-order valence-corrected chi connectivity index (χ4v) is 2.55. The van der Waals surface area contributed by atoms with Gasteiger partial charge in [-0.1, -0.05) is 0 Å². The van der Waals surface area contributed by atoms with Crippen molar-refractivity contribution in [3.05, 3.63) is 23.9 Å². The van der Waals surface area contributed by atoms with Crippen molar-refractivity contribution in [2.45, 2.75) is 11.8 Å². The lowest BCUT2D eigenvalue weighted by molar-refractivity contribution is 0.609. The quantitative estimate of drug-likeness (QED) is 0.760. The molecule has 4 nitrogen and oxygen atoms in total. The molecular formula is C8H7ClN2O2S. The standard InChI is InChI=1S/C8H7ClN2O2S/c1-5-2-7-6(4-10-11-7)3-8(5)14(9,12)13/h2-4H,1H3,(H,10,11). The summed E-state index contributed by atoms with van der Waals surface area (Å²) in [4.78, 5) is 0.132. The van der Waals surface area contributed by atoms with E-state index in [4.69, 9.17) is 10.7 Å². The van der Waals surface area contributed by atoms with Crippen LogP contribution < -0.4 is 0 Å². The van der Waals surface area contributed by atoms with Gasteiger partial charge in [-0.3, -0.25) is 5.10 Å². The lowest BCUT2D eigenvalue weighted by Gasteiger charge is -2.00. The van der Waals surface area contributed by atoms with Crippen LogP contribution in [0.5, 0.6) is 0 Å². The largest absolute Gasteiger partial charge is 0.278 e. The van der Waals surface area contributed by atoms with Crippen LogP contribution in [0.15, 0.2) is 23.2 Å². The van der Waals surface area contributed by atoms with Crippen molar-refractivity contribution in [2.24, 2.45) is 0 Å². The maximum Gasteiger partial charge on any atom is 0.261 e. The average molecular weight is 231 g/mol. The molecule has 1 aromatic carbocycles. The summed E-state index contributed by atoms with van der Waals surface area (Å²) >= 11 is 0. The van der Waals surface area contributed by atoms with E-state index in [2.05, 4.69) is 10.2 Å². The molecule has 0 fully saturated rings. The zero-order chi connectivity index (χ0) is 10.3. The summed E-state index contributed by atoms with van der Waals surface area (Å²) in [6.45, 7) is 1.69. The minimum atomic E-state index is -3.67. The molecule has 1 heterocycles. The molecule has 0 atom stereocenters. The molecule has 0 aliphatic heterocycles. The van der Waals surface area contributed by atoms with Gasteiger partial charge in [-0.2, -0.15) is 5.10 Å². The molecule has 0 spiro atoms. The first-order valence-corrected chi connectivity index (χ1v) is 6.18. The molecule has 2 aromatic rings. The van der Waals surface area contributed by atoms with Crippen molar-refractivity contribution in [1.82, 2.24) is 10.2 Å². The van der Waals surface area contributed by atoms with Crippen LogP contribution in [-0.2, 0) is 9.05 Å². The number of nitrogens with zero attached hydrogens (tertiary/aromatic N) is 1. The number of halogens is 1. The van der Waals surface area contributed by atoms with Crippen LogP contribution in [0.25, 0.3) is 10.9 Å². The van der Waals surface area contributed by atoms with Crippen LogP contribution in [0.2, 0.25) is 0 Å². The summed E-state index contributed by atoms with van der Waals surface area (Å²) in [6, 6.07) is 3.22. The summed E-state index contributed by atoms with van der Waals surface area (Å²) in [5.41, 5.74) is 1.41. The van der Waals surface area contributed by atoms with E-state index in [0.29, 0.717) is 5.56 Å². The number of aromatic nitrogens is 2. The third-order valence-electron chi connectivity index (χ3n) is 2.00. The van der Waals surface area contributed by atoms with Gasteiger partial charge in [0.15, 0.2) is 0 Å². The second-order valence-corrected chi connectivity index (χ2v) is 5.55. The van der Waals surface area contributed by atoms with Gasteiger partial charge in [0, 0.05) is 16.1 Å². The summed E-state index contributed by atoms with van der Waals surface area (Å²) in [7, 11) is 1.60. The second kappa shape index (κ2) is 2.96. The third-order valence-corrected chi connectivity index (χ3v) is 3.46. The van der Waals surface area contributed by atoms with Gasteiger partial charge < -0.3 is 0 Å². The number of hydrogen-bond donors (Lipinski definition) is 1. The highest BCUT2D eigenvalue weighted by Crippen LogP contribution is 2.24. The minimum absolute atomic E-state index is 0.132. The molecule has 2 rings (SSSR count). The van der Waals surface area contributed by atoms with Gasteiger partial charge in [-0.05, 0) is 24.6 Å². The molecule has 0 unspecified atom stereocenters. The Hall–Kier alpha value is -1.07. The molecule has 0 bridgehead atoms. The molecule has 0 saturated heterocycles. The van der Waals surface area contributed by atoms with Gasteiger partial charge in [0.25, 0.3) is 9.05 Å². The molecule has 0 aliphatic rings. The van der Waals surface area contributed by atoms with Gasteiger partial charge in [0.1, 0.15) is 0 Å². The molecular weight excluding hydrogens is 224 g/mol. The van der Waals surface area contributed by atoms with Crippen molar-refractivity contribution in [2.75, 3.05) is 0 Å². The van der Waals surface area contributed by atoms with Crippen LogP contribution in [0, 0.1) is 6.92 Å². The second-order valence-electron chi connectivity index (χ2n) is 3.01. The van der Waals surface area contributed by atoms with E-state index < -0.39 is 9.05 Å². The highest BCUT2D eigenvalue weighted by atomic mass is 35.7. The number of hydrogen-bond acceptors (Lipinski definition) is 3. The van der Waals surface area contributed by atoms with Crippen molar-refractivity contribution >= 4 is 30.6 Å². The third kappa shape index (κ3) is 1.49. The first-order valence-electron chi connectivity index (χ1n) is 3.87. The molecule has 0 amide bonds. The molecule has 74 valence electrons. The summed E-state index contributed by atoms with van der Waals surface area (Å²) in [6.07, 6.45) is 1.56. The van der Waals surface area contributed by atoms with Crippen LogP contribution in [0.3, 0.4) is 0 Å². The Morgan fingerprint density at radius 2 is 2.14 bits per heavy atom. The van der Waals surface area contributed by atoms with E-state index in [-0.39, 0.29) is 4.90 Å². The fraction of sp³-hybridized carbons (Fsp3) is 0.125. The zero-order valence-electron chi connectivity index (χ0n) is 7.28. The molecule has 1 N–H and O–H groups in total. The first-order chi connectivity index (χ1) is 6.48. The molecule has 0 radical (unpaired) electrons. The van der Waals surface area contributed by atoms with Crippen LogP contribution >= 0.6 is 10.7 Å². The van der Waals surface area contributed by atoms with Gasteiger partial charge in [-0.25, -0.2) is 8.42 Å². The molecule has 14 heavy (non-hydrogen) atoms. The van der Waals surface area contributed by atoms with Crippen molar-refractivity contribution in [1.29, 1.82) is 0 Å².